The van der Waals surface area contributed by atoms with Gasteiger partial charge < -0.3 is 20.7 Å². The number of carbonyl (C=O) groups excluding carboxylic acids is 1. The third-order valence-electron chi connectivity index (χ3n) is 4.58. The quantitative estimate of drug-likeness (QED) is 0.501. The van der Waals surface area contributed by atoms with E-state index in [9.17, 15) is 13.2 Å². The van der Waals surface area contributed by atoms with Crippen LogP contribution < -0.4 is 25.4 Å². The molecule has 29 heavy (non-hydrogen) atoms. The fourth-order valence-corrected chi connectivity index (χ4v) is 4.15. The summed E-state index contributed by atoms with van der Waals surface area (Å²) in [5, 5.41) is 11.1. The number of nitrogens with one attached hydrogen (secondary N) is 2. The number of nitrogens with two attached hydrogens (primary N) is 1. The first-order chi connectivity index (χ1) is 13.9. The molecule has 1 fully saturated rings. The van der Waals surface area contributed by atoms with Crippen LogP contribution in [-0.4, -0.2) is 57.8 Å². The molecule has 1 aromatic carbocycles. The second kappa shape index (κ2) is 9.05. The van der Waals surface area contributed by atoms with Gasteiger partial charge >= 0.3 is 0 Å². The van der Waals surface area contributed by atoms with Crippen LogP contribution in [0.3, 0.4) is 0 Å². The van der Waals surface area contributed by atoms with E-state index in [1.54, 1.807) is 6.20 Å². The zero-order valence-electron chi connectivity index (χ0n) is 16.1. The molecule has 0 unspecified atom stereocenters. The van der Waals surface area contributed by atoms with Gasteiger partial charge in [-0.05, 0) is 31.0 Å². The van der Waals surface area contributed by atoms with Gasteiger partial charge in [0, 0.05) is 32.2 Å². The van der Waals surface area contributed by atoms with Crippen molar-refractivity contribution in [2.75, 3.05) is 43.5 Å². The molecule has 0 spiro atoms. The lowest BCUT2D eigenvalue weighted by Crippen LogP contribution is -2.29. The van der Waals surface area contributed by atoms with Crippen LogP contribution in [0.25, 0.3) is 0 Å². The molecule has 10 nitrogen and oxygen atoms in total. The number of nitrogens with zero attached hydrogens (tertiary/aromatic N) is 3. The number of anilines is 2. The Morgan fingerprint density at radius 2 is 2.00 bits per heavy atom. The van der Waals surface area contributed by atoms with Crippen molar-refractivity contribution in [2.24, 2.45) is 5.73 Å². The molecular weight excluding hydrogens is 396 g/mol. The molecule has 1 saturated heterocycles. The van der Waals surface area contributed by atoms with Crippen molar-refractivity contribution in [2.45, 2.75) is 17.7 Å². The maximum atomic E-state index is 12.5. The minimum Gasteiger partial charge on any atom is -0.496 e. The van der Waals surface area contributed by atoms with Crippen LogP contribution in [-0.2, 0) is 10.0 Å². The topological polar surface area (TPSA) is 140 Å². The molecule has 1 aliphatic rings. The smallest absolute Gasteiger partial charge is 0.252 e. The van der Waals surface area contributed by atoms with Gasteiger partial charge in [-0.3, -0.25) is 4.79 Å². The highest BCUT2D eigenvalue weighted by molar-refractivity contribution is 7.89. The highest BCUT2D eigenvalue weighted by Crippen LogP contribution is 2.22. The number of sulfonamides is 1. The number of amides is 1. The van der Waals surface area contributed by atoms with Gasteiger partial charge in [0.2, 0.25) is 10.0 Å². The van der Waals surface area contributed by atoms with Crippen molar-refractivity contribution in [3.8, 4) is 5.75 Å². The number of hydrogen-bond acceptors (Lipinski definition) is 8. The van der Waals surface area contributed by atoms with E-state index >= 15 is 0 Å². The zero-order chi connectivity index (χ0) is 20.9. The summed E-state index contributed by atoms with van der Waals surface area (Å²) in [5.74, 6) is 0.0284. The number of benzene rings is 1. The molecule has 2 heterocycles. The summed E-state index contributed by atoms with van der Waals surface area (Å²) in [6.45, 7) is 2.44. The van der Waals surface area contributed by atoms with Crippen LogP contribution in [0.5, 0.6) is 5.75 Å². The summed E-state index contributed by atoms with van der Waals surface area (Å²) in [6.07, 6.45) is 4.05. The van der Waals surface area contributed by atoms with Gasteiger partial charge in [0.05, 0.1) is 29.5 Å². The Kier molecular flexibility index (Phi) is 6.49. The average Bonchev–Trinajstić information content (AvgIpc) is 3.26. The van der Waals surface area contributed by atoms with Gasteiger partial charge in [-0.1, -0.05) is 0 Å². The highest BCUT2D eigenvalue weighted by atomic mass is 32.2. The SMILES string of the molecule is COc1ccc(S(=O)(=O)NCCNc2cc(N3CCCC3)cnn2)cc1C(N)=O. The monoisotopic (exact) mass is 420 g/mol. The molecule has 1 amide bonds. The normalized spacial score (nSPS) is 14.0. The maximum absolute atomic E-state index is 12.5. The van der Waals surface area contributed by atoms with E-state index in [2.05, 4.69) is 25.1 Å². The number of methoxy groups -OCH3 is 1. The Balaban J connectivity index is 1.58. The summed E-state index contributed by atoms with van der Waals surface area (Å²) in [4.78, 5) is 13.7. The van der Waals surface area contributed by atoms with Gasteiger partial charge in [-0.2, -0.15) is 5.10 Å². The number of primary amides is 1. The predicted octanol–water partition coefficient (Wildman–Crippen LogP) is 0.575. The summed E-state index contributed by atoms with van der Waals surface area (Å²) in [5.41, 5.74) is 6.29. The molecule has 0 aliphatic carbocycles. The molecule has 1 aromatic heterocycles. The molecule has 0 saturated carbocycles. The number of hydrogen-bond donors (Lipinski definition) is 3. The Bertz CT molecular complexity index is 976. The largest absolute Gasteiger partial charge is 0.496 e. The van der Waals surface area contributed by atoms with Crippen LogP contribution in [0.15, 0.2) is 35.4 Å². The molecule has 0 bridgehead atoms. The number of aromatic nitrogens is 2. The van der Waals surface area contributed by atoms with Crippen LogP contribution in [0, 0.1) is 0 Å². The third kappa shape index (κ3) is 5.12. The Hall–Kier alpha value is -2.92. The van der Waals surface area contributed by atoms with Crippen molar-refractivity contribution < 1.29 is 17.9 Å². The van der Waals surface area contributed by atoms with E-state index in [0.717, 1.165) is 31.6 Å². The molecule has 0 radical (unpaired) electrons. The lowest BCUT2D eigenvalue weighted by molar-refractivity contribution is 0.0997. The van der Waals surface area contributed by atoms with E-state index < -0.39 is 15.9 Å². The molecule has 2 aromatic rings. The average molecular weight is 420 g/mol. The Morgan fingerprint density at radius 1 is 1.24 bits per heavy atom. The molecular formula is C18H24N6O4S. The van der Waals surface area contributed by atoms with E-state index in [1.165, 1.54) is 25.3 Å². The van der Waals surface area contributed by atoms with E-state index in [0.29, 0.717) is 12.4 Å². The maximum Gasteiger partial charge on any atom is 0.252 e. The summed E-state index contributed by atoms with van der Waals surface area (Å²) >= 11 is 0. The Morgan fingerprint density at radius 3 is 2.69 bits per heavy atom. The lowest BCUT2D eigenvalue weighted by Gasteiger charge is -2.17. The van der Waals surface area contributed by atoms with E-state index in [4.69, 9.17) is 10.5 Å². The van der Waals surface area contributed by atoms with Crippen LogP contribution in [0.2, 0.25) is 0 Å². The molecule has 11 heteroatoms. The first-order valence-corrected chi connectivity index (χ1v) is 10.7. The van der Waals surface area contributed by atoms with Crippen LogP contribution in [0.4, 0.5) is 11.5 Å². The summed E-state index contributed by atoms with van der Waals surface area (Å²) in [7, 11) is -2.44. The number of ether oxygens (including phenoxy) is 1. The van der Waals surface area contributed by atoms with Crippen molar-refractivity contribution >= 4 is 27.4 Å². The highest BCUT2D eigenvalue weighted by Gasteiger charge is 2.18. The zero-order valence-corrected chi connectivity index (χ0v) is 16.9. The number of rotatable bonds is 9. The van der Waals surface area contributed by atoms with Crippen molar-refractivity contribution in [1.29, 1.82) is 0 Å². The van der Waals surface area contributed by atoms with Crippen molar-refractivity contribution in [3.63, 3.8) is 0 Å². The molecule has 3 rings (SSSR count). The lowest BCUT2D eigenvalue weighted by atomic mass is 10.2. The van der Waals surface area contributed by atoms with Crippen LogP contribution >= 0.6 is 0 Å². The van der Waals surface area contributed by atoms with Crippen molar-refractivity contribution in [1.82, 2.24) is 14.9 Å². The molecule has 156 valence electrons. The second-order valence-electron chi connectivity index (χ2n) is 6.54. The van der Waals surface area contributed by atoms with Crippen LogP contribution in [0.1, 0.15) is 23.2 Å². The minimum atomic E-state index is -3.81. The number of carbonyl (C=O) groups is 1. The third-order valence-corrected chi connectivity index (χ3v) is 6.04. The van der Waals surface area contributed by atoms with E-state index in [1.807, 2.05) is 6.07 Å². The molecule has 0 atom stereocenters. The van der Waals surface area contributed by atoms with Gasteiger partial charge in [0.15, 0.2) is 5.82 Å². The van der Waals surface area contributed by atoms with Gasteiger partial charge in [-0.25, -0.2) is 13.1 Å². The van der Waals surface area contributed by atoms with E-state index in [-0.39, 0.29) is 22.8 Å². The van der Waals surface area contributed by atoms with Gasteiger partial charge in [0.1, 0.15) is 5.75 Å². The standard InChI is InChI=1S/C18H24N6O4S/c1-28-16-5-4-14(11-15(16)18(19)25)29(26,27)22-7-6-20-17-10-13(12-21-23-17)24-8-2-3-9-24/h4-5,10-12,22H,2-3,6-9H2,1H3,(H2,19,25)(H,20,23). The minimum absolute atomic E-state index is 0.00232. The molecule has 1 aliphatic heterocycles. The summed E-state index contributed by atoms with van der Waals surface area (Å²) in [6, 6.07) is 5.84. The van der Waals surface area contributed by atoms with Gasteiger partial charge in [-0.15, -0.1) is 5.10 Å². The first-order valence-electron chi connectivity index (χ1n) is 9.20. The van der Waals surface area contributed by atoms with Gasteiger partial charge in [0.25, 0.3) is 5.91 Å². The summed E-state index contributed by atoms with van der Waals surface area (Å²) < 4.78 is 32.5. The molecule has 4 N–H and O–H groups in total. The predicted molar refractivity (Wildman–Crippen MR) is 109 cm³/mol. The van der Waals surface area contributed by atoms with Crippen molar-refractivity contribution in [3.05, 3.63) is 36.0 Å². The fraction of sp³-hybridized carbons (Fsp3) is 0.389. The first kappa shape index (κ1) is 20.8. The second-order valence-corrected chi connectivity index (χ2v) is 8.31. The Labute approximate surface area is 169 Å². The fourth-order valence-electron chi connectivity index (χ4n) is 3.10.